The van der Waals surface area contributed by atoms with Crippen molar-refractivity contribution in [2.24, 2.45) is 0 Å². The molecule has 0 aliphatic carbocycles. The van der Waals surface area contributed by atoms with Crippen molar-refractivity contribution < 1.29 is 0 Å². The summed E-state index contributed by atoms with van der Waals surface area (Å²) in [5.74, 6) is 0.969. The van der Waals surface area contributed by atoms with Crippen molar-refractivity contribution >= 4 is 11.5 Å². The molecule has 0 bridgehead atoms. The molecule has 1 N–H and O–H groups in total. The maximum Gasteiger partial charge on any atom is 0.155 e. The number of hydrogen-bond donors (Lipinski definition) is 1. The average molecular weight is 385 g/mol. The van der Waals surface area contributed by atoms with E-state index in [9.17, 15) is 0 Å². The van der Waals surface area contributed by atoms with Gasteiger partial charge in [-0.05, 0) is 50.2 Å². The molecule has 0 spiro atoms. The van der Waals surface area contributed by atoms with Crippen LogP contribution in [-0.4, -0.2) is 50.2 Å². The second-order valence-corrected chi connectivity index (χ2v) is 7.49. The Morgan fingerprint density at radius 2 is 1.86 bits per heavy atom. The lowest BCUT2D eigenvalue weighted by Crippen LogP contribution is -2.49. The lowest BCUT2D eigenvalue weighted by Gasteiger charge is -2.32. The minimum atomic E-state index is 0.443. The van der Waals surface area contributed by atoms with Crippen LogP contribution in [0.15, 0.2) is 55.0 Å². The second kappa shape index (κ2) is 7.25. The zero-order chi connectivity index (χ0) is 19.8. The molecule has 0 aromatic carbocycles. The van der Waals surface area contributed by atoms with Crippen molar-refractivity contribution in [2.45, 2.75) is 19.9 Å². The largest absolute Gasteiger partial charge is 0.352 e. The summed E-state index contributed by atoms with van der Waals surface area (Å²) in [6.07, 6.45) is 5.42. The second-order valence-electron chi connectivity index (χ2n) is 7.49. The standard InChI is InChI=1S/C22H23N7/c1-15-13-18(7-10-24-15)22-21(17-5-8-23-9-6-17)26-19-3-4-20(27-29(19)22)28-12-11-25-16(2)14-28/h3-10,13,16,25H,11-12,14H2,1-2H3/t16-/m0/s1. The van der Waals surface area contributed by atoms with E-state index in [1.54, 1.807) is 12.4 Å². The summed E-state index contributed by atoms with van der Waals surface area (Å²) in [6.45, 7) is 7.05. The molecule has 5 rings (SSSR count). The van der Waals surface area contributed by atoms with Crippen LogP contribution in [0.1, 0.15) is 12.6 Å². The van der Waals surface area contributed by atoms with Gasteiger partial charge in [0.2, 0.25) is 0 Å². The van der Waals surface area contributed by atoms with E-state index in [1.165, 1.54) is 0 Å². The number of hydrogen-bond acceptors (Lipinski definition) is 6. The number of aromatic nitrogens is 5. The zero-order valence-electron chi connectivity index (χ0n) is 16.6. The van der Waals surface area contributed by atoms with Gasteiger partial charge in [-0.1, -0.05) is 0 Å². The Morgan fingerprint density at radius 3 is 2.66 bits per heavy atom. The van der Waals surface area contributed by atoms with Crippen LogP contribution in [0.25, 0.3) is 28.2 Å². The van der Waals surface area contributed by atoms with Gasteiger partial charge in [0.15, 0.2) is 5.65 Å². The van der Waals surface area contributed by atoms with Gasteiger partial charge in [-0.2, -0.15) is 0 Å². The smallest absolute Gasteiger partial charge is 0.155 e. The van der Waals surface area contributed by atoms with Crippen LogP contribution in [0.5, 0.6) is 0 Å². The van der Waals surface area contributed by atoms with Gasteiger partial charge < -0.3 is 10.2 Å². The van der Waals surface area contributed by atoms with Crippen molar-refractivity contribution in [3.8, 4) is 22.5 Å². The molecule has 1 atom stereocenters. The fraction of sp³-hybridized carbons (Fsp3) is 0.273. The molecule has 1 aliphatic heterocycles. The van der Waals surface area contributed by atoms with Crippen LogP contribution in [0.2, 0.25) is 0 Å². The van der Waals surface area contributed by atoms with Crippen LogP contribution in [0.3, 0.4) is 0 Å². The minimum Gasteiger partial charge on any atom is -0.352 e. The first kappa shape index (κ1) is 17.8. The Balaban J connectivity index is 1.71. The van der Waals surface area contributed by atoms with Crippen LogP contribution in [0.4, 0.5) is 5.82 Å². The number of rotatable bonds is 3. The van der Waals surface area contributed by atoms with E-state index < -0.39 is 0 Å². The third-order valence-corrected chi connectivity index (χ3v) is 5.28. The van der Waals surface area contributed by atoms with E-state index >= 15 is 0 Å². The summed E-state index contributed by atoms with van der Waals surface area (Å²) < 4.78 is 1.96. The summed E-state index contributed by atoms with van der Waals surface area (Å²) in [7, 11) is 0. The molecular weight excluding hydrogens is 362 g/mol. The van der Waals surface area contributed by atoms with Gasteiger partial charge in [-0.25, -0.2) is 9.50 Å². The lowest BCUT2D eigenvalue weighted by molar-refractivity contribution is 0.481. The molecule has 5 heterocycles. The maximum atomic E-state index is 5.00. The van der Waals surface area contributed by atoms with Crippen LogP contribution >= 0.6 is 0 Å². The highest BCUT2D eigenvalue weighted by atomic mass is 15.3. The van der Waals surface area contributed by atoms with Crippen molar-refractivity contribution in [3.05, 3.63) is 60.7 Å². The molecule has 0 saturated carbocycles. The molecule has 0 radical (unpaired) electrons. The van der Waals surface area contributed by atoms with E-state index in [-0.39, 0.29) is 0 Å². The number of nitrogens with zero attached hydrogens (tertiary/aromatic N) is 6. The number of pyridine rings is 2. The quantitative estimate of drug-likeness (QED) is 0.585. The molecule has 7 nitrogen and oxygen atoms in total. The summed E-state index contributed by atoms with van der Waals surface area (Å²) in [6, 6.07) is 12.6. The molecule has 0 unspecified atom stereocenters. The van der Waals surface area contributed by atoms with E-state index in [4.69, 9.17) is 10.1 Å². The van der Waals surface area contributed by atoms with Gasteiger partial charge in [0.05, 0.1) is 5.69 Å². The number of fused-ring (bicyclic) bond motifs is 1. The van der Waals surface area contributed by atoms with Gasteiger partial charge in [-0.3, -0.25) is 9.97 Å². The monoisotopic (exact) mass is 385 g/mol. The Morgan fingerprint density at radius 1 is 1.03 bits per heavy atom. The van der Waals surface area contributed by atoms with Crippen LogP contribution in [0, 0.1) is 6.92 Å². The Labute approximate surface area is 169 Å². The molecule has 1 aliphatic rings. The topological polar surface area (TPSA) is 71.2 Å². The molecule has 146 valence electrons. The van der Waals surface area contributed by atoms with Gasteiger partial charge in [0.1, 0.15) is 11.5 Å². The highest BCUT2D eigenvalue weighted by molar-refractivity contribution is 5.81. The number of anilines is 1. The van der Waals surface area contributed by atoms with Crippen LogP contribution in [-0.2, 0) is 0 Å². The fourth-order valence-electron chi connectivity index (χ4n) is 3.90. The molecular formula is C22H23N7. The van der Waals surface area contributed by atoms with E-state index in [2.05, 4.69) is 45.3 Å². The molecule has 4 aromatic heterocycles. The highest BCUT2D eigenvalue weighted by Crippen LogP contribution is 2.32. The third kappa shape index (κ3) is 3.34. The predicted octanol–water partition coefficient (Wildman–Crippen LogP) is 2.96. The normalized spacial score (nSPS) is 17.0. The molecule has 4 aromatic rings. The number of nitrogens with one attached hydrogen (secondary N) is 1. The van der Waals surface area contributed by atoms with Gasteiger partial charge in [0.25, 0.3) is 0 Å². The van der Waals surface area contributed by atoms with Crippen molar-refractivity contribution in [1.82, 2.24) is 29.9 Å². The number of imidazole rings is 1. The SMILES string of the molecule is Cc1cc(-c2c(-c3ccncc3)nc3ccc(N4CCN[C@@H](C)C4)nn23)ccn1. The zero-order valence-corrected chi connectivity index (χ0v) is 16.6. The van der Waals surface area contributed by atoms with Gasteiger partial charge in [0, 0.05) is 61.1 Å². The van der Waals surface area contributed by atoms with E-state index in [1.807, 2.05) is 35.8 Å². The summed E-state index contributed by atoms with van der Waals surface area (Å²) in [4.78, 5) is 15.7. The number of piperazine rings is 1. The van der Waals surface area contributed by atoms with Crippen molar-refractivity contribution in [2.75, 3.05) is 24.5 Å². The summed E-state index contributed by atoms with van der Waals surface area (Å²) >= 11 is 0. The predicted molar refractivity (Wildman–Crippen MR) is 114 cm³/mol. The fourth-order valence-corrected chi connectivity index (χ4v) is 3.90. The first-order chi connectivity index (χ1) is 14.2. The van der Waals surface area contributed by atoms with Gasteiger partial charge in [-0.15, -0.1) is 5.10 Å². The summed E-state index contributed by atoms with van der Waals surface area (Å²) in [5.41, 5.74) is 5.74. The minimum absolute atomic E-state index is 0.443. The maximum absolute atomic E-state index is 5.00. The Bertz CT molecular complexity index is 1150. The van der Waals surface area contributed by atoms with Crippen LogP contribution < -0.4 is 10.2 Å². The molecule has 1 fully saturated rings. The van der Waals surface area contributed by atoms with Crippen molar-refractivity contribution in [3.63, 3.8) is 0 Å². The Kier molecular flexibility index (Phi) is 4.44. The highest BCUT2D eigenvalue weighted by Gasteiger charge is 2.21. The Hall–Kier alpha value is -3.32. The van der Waals surface area contributed by atoms with E-state index in [0.29, 0.717) is 6.04 Å². The lowest BCUT2D eigenvalue weighted by atomic mass is 10.1. The molecule has 1 saturated heterocycles. The molecule has 29 heavy (non-hydrogen) atoms. The number of aryl methyl sites for hydroxylation is 1. The molecule has 0 amide bonds. The van der Waals surface area contributed by atoms with Crippen molar-refractivity contribution in [1.29, 1.82) is 0 Å². The third-order valence-electron chi connectivity index (χ3n) is 5.28. The average Bonchev–Trinajstić information content (AvgIpc) is 3.13. The van der Waals surface area contributed by atoms with Gasteiger partial charge >= 0.3 is 0 Å². The van der Waals surface area contributed by atoms with E-state index in [0.717, 1.165) is 59.3 Å². The first-order valence-electron chi connectivity index (χ1n) is 9.90. The molecule has 7 heteroatoms. The summed E-state index contributed by atoms with van der Waals surface area (Å²) in [5, 5.41) is 8.49. The first-order valence-corrected chi connectivity index (χ1v) is 9.90.